The Bertz CT molecular complexity index is 582. The van der Waals surface area contributed by atoms with E-state index in [1.165, 1.54) is 0 Å². The van der Waals surface area contributed by atoms with E-state index in [9.17, 15) is 13.2 Å². The zero-order chi connectivity index (χ0) is 14.0. The van der Waals surface area contributed by atoms with Gasteiger partial charge in [-0.05, 0) is 22.6 Å². The van der Waals surface area contributed by atoms with Crippen LogP contribution in [-0.4, -0.2) is 26.2 Å². The van der Waals surface area contributed by atoms with Crippen LogP contribution in [0.2, 0.25) is 0 Å². The van der Waals surface area contributed by atoms with Crippen LogP contribution in [0.15, 0.2) is 12.1 Å². The third-order valence-corrected chi connectivity index (χ3v) is 2.45. The van der Waals surface area contributed by atoms with Gasteiger partial charge in [-0.1, -0.05) is 13.8 Å². The smallest absolute Gasteiger partial charge is 0.196 e. The van der Waals surface area contributed by atoms with Crippen molar-refractivity contribution in [1.29, 1.82) is 0 Å². The van der Waals surface area contributed by atoms with Crippen LogP contribution < -0.4 is 5.32 Å². The van der Waals surface area contributed by atoms with E-state index in [2.05, 4.69) is 20.8 Å². The van der Waals surface area contributed by atoms with Gasteiger partial charge in [-0.25, -0.2) is 13.2 Å². The monoisotopic (exact) mass is 271 g/mol. The standard InChI is InChI=1S/C11H12F3N5/c1-6(2)15-5-9-16-17-18-19(9)8-4-3-7(12)10(13)11(8)14/h3-4,6,15H,5H2,1-2H3. The van der Waals surface area contributed by atoms with Crippen LogP contribution in [-0.2, 0) is 6.54 Å². The van der Waals surface area contributed by atoms with Gasteiger partial charge in [0, 0.05) is 6.04 Å². The summed E-state index contributed by atoms with van der Waals surface area (Å²) in [4.78, 5) is 0. The molecule has 102 valence electrons. The number of rotatable bonds is 4. The summed E-state index contributed by atoms with van der Waals surface area (Å²) in [5.74, 6) is -3.82. The molecule has 5 nitrogen and oxygen atoms in total. The molecule has 1 aromatic carbocycles. The zero-order valence-corrected chi connectivity index (χ0v) is 10.4. The first-order valence-corrected chi connectivity index (χ1v) is 5.65. The molecule has 0 fully saturated rings. The Hall–Kier alpha value is -1.96. The summed E-state index contributed by atoms with van der Waals surface area (Å²) in [6.07, 6.45) is 0. The Balaban J connectivity index is 2.37. The molecule has 0 bridgehead atoms. The zero-order valence-electron chi connectivity index (χ0n) is 10.4. The first-order chi connectivity index (χ1) is 9.00. The van der Waals surface area contributed by atoms with E-state index < -0.39 is 17.5 Å². The third-order valence-electron chi connectivity index (χ3n) is 2.45. The second kappa shape index (κ2) is 5.35. The summed E-state index contributed by atoms with van der Waals surface area (Å²) in [5.41, 5.74) is -0.232. The summed E-state index contributed by atoms with van der Waals surface area (Å²) in [6.45, 7) is 4.13. The number of tetrazole rings is 1. The average Bonchev–Trinajstić information content (AvgIpc) is 2.82. The molecule has 0 amide bonds. The van der Waals surface area contributed by atoms with Crippen molar-refractivity contribution in [2.75, 3.05) is 0 Å². The molecular formula is C11H12F3N5. The molecule has 0 atom stereocenters. The Morgan fingerprint density at radius 2 is 1.95 bits per heavy atom. The Kier molecular flexibility index (Phi) is 3.79. The topological polar surface area (TPSA) is 55.6 Å². The molecule has 1 heterocycles. The van der Waals surface area contributed by atoms with Gasteiger partial charge in [-0.2, -0.15) is 4.68 Å². The molecule has 2 rings (SSSR count). The second-order valence-corrected chi connectivity index (χ2v) is 4.24. The van der Waals surface area contributed by atoms with Crippen molar-refractivity contribution < 1.29 is 13.2 Å². The van der Waals surface area contributed by atoms with Gasteiger partial charge in [0.05, 0.1) is 6.54 Å². The summed E-state index contributed by atoms with van der Waals surface area (Å²) in [6, 6.07) is 2.10. The Labute approximate surface area is 107 Å². The lowest BCUT2D eigenvalue weighted by molar-refractivity contribution is 0.441. The molecule has 0 radical (unpaired) electrons. The highest BCUT2D eigenvalue weighted by Crippen LogP contribution is 2.18. The van der Waals surface area contributed by atoms with Crippen molar-refractivity contribution in [2.45, 2.75) is 26.4 Å². The largest absolute Gasteiger partial charge is 0.308 e. The number of halogens is 3. The normalized spacial score (nSPS) is 11.3. The van der Waals surface area contributed by atoms with Crippen LogP contribution in [0.5, 0.6) is 0 Å². The van der Waals surface area contributed by atoms with Gasteiger partial charge in [0.15, 0.2) is 23.3 Å². The molecular weight excluding hydrogens is 259 g/mol. The first kappa shape index (κ1) is 13.5. The van der Waals surface area contributed by atoms with Crippen molar-refractivity contribution in [3.63, 3.8) is 0 Å². The minimum Gasteiger partial charge on any atom is -0.308 e. The van der Waals surface area contributed by atoms with Gasteiger partial charge in [0.2, 0.25) is 0 Å². The molecule has 0 saturated heterocycles. The van der Waals surface area contributed by atoms with Crippen molar-refractivity contribution in [1.82, 2.24) is 25.5 Å². The number of nitrogens with one attached hydrogen (secondary N) is 1. The van der Waals surface area contributed by atoms with Crippen LogP contribution in [0, 0.1) is 17.5 Å². The molecule has 0 unspecified atom stereocenters. The molecule has 1 N–H and O–H groups in total. The van der Waals surface area contributed by atoms with Gasteiger partial charge in [-0.15, -0.1) is 5.10 Å². The number of hydrogen-bond donors (Lipinski definition) is 1. The maximum absolute atomic E-state index is 13.7. The SMILES string of the molecule is CC(C)NCc1nnnn1-c1ccc(F)c(F)c1F. The lowest BCUT2D eigenvalue weighted by atomic mass is 10.3. The lowest BCUT2D eigenvalue weighted by Gasteiger charge is -2.09. The molecule has 0 aliphatic rings. The number of nitrogens with zero attached hydrogens (tertiary/aromatic N) is 4. The van der Waals surface area contributed by atoms with Crippen LogP contribution in [0.3, 0.4) is 0 Å². The van der Waals surface area contributed by atoms with Crippen LogP contribution in [0.1, 0.15) is 19.7 Å². The summed E-state index contributed by atoms with van der Waals surface area (Å²) >= 11 is 0. The van der Waals surface area contributed by atoms with Gasteiger partial charge in [0.1, 0.15) is 5.69 Å². The van der Waals surface area contributed by atoms with Crippen LogP contribution >= 0.6 is 0 Å². The van der Waals surface area contributed by atoms with Gasteiger partial charge in [-0.3, -0.25) is 0 Å². The van der Waals surface area contributed by atoms with Crippen molar-refractivity contribution in [2.24, 2.45) is 0 Å². The van der Waals surface area contributed by atoms with E-state index >= 15 is 0 Å². The highest BCUT2D eigenvalue weighted by molar-refractivity contribution is 5.34. The Morgan fingerprint density at radius 1 is 1.21 bits per heavy atom. The van der Waals surface area contributed by atoms with E-state index in [4.69, 9.17) is 0 Å². The predicted octanol–water partition coefficient (Wildman–Crippen LogP) is 1.58. The molecule has 19 heavy (non-hydrogen) atoms. The predicted molar refractivity (Wildman–Crippen MR) is 61.0 cm³/mol. The average molecular weight is 271 g/mol. The third kappa shape index (κ3) is 2.73. The van der Waals surface area contributed by atoms with Gasteiger partial charge >= 0.3 is 0 Å². The highest BCUT2D eigenvalue weighted by atomic mass is 19.2. The first-order valence-electron chi connectivity index (χ1n) is 5.65. The van der Waals surface area contributed by atoms with Gasteiger partial charge < -0.3 is 5.32 Å². The minimum absolute atomic E-state index is 0.181. The number of hydrogen-bond acceptors (Lipinski definition) is 4. The van der Waals surface area contributed by atoms with Crippen molar-refractivity contribution >= 4 is 0 Å². The van der Waals surface area contributed by atoms with E-state index in [0.717, 1.165) is 16.8 Å². The molecule has 0 saturated carbocycles. The molecule has 0 aliphatic carbocycles. The molecule has 2 aromatic rings. The Morgan fingerprint density at radius 3 is 2.63 bits per heavy atom. The number of benzene rings is 1. The van der Waals surface area contributed by atoms with Crippen molar-refractivity contribution in [3.05, 3.63) is 35.4 Å². The maximum Gasteiger partial charge on any atom is 0.196 e. The fourth-order valence-corrected chi connectivity index (χ4v) is 1.48. The fourth-order valence-electron chi connectivity index (χ4n) is 1.48. The summed E-state index contributed by atoms with van der Waals surface area (Å²) in [5, 5.41) is 13.8. The van der Waals surface area contributed by atoms with E-state index in [1.54, 1.807) is 0 Å². The maximum atomic E-state index is 13.7. The van der Waals surface area contributed by atoms with E-state index in [1.807, 2.05) is 13.8 Å². The van der Waals surface area contributed by atoms with Crippen LogP contribution in [0.25, 0.3) is 5.69 Å². The van der Waals surface area contributed by atoms with Gasteiger partial charge in [0.25, 0.3) is 0 Å². The quantitative estimate of drug-likeness (QED) is 0.858. The molecule has 8 heteroatoms. The summed E-state index contributed by atoms with van der Waals surface area (Å²) in [7, 11) is 0. The minimum atomic E-state index is -1.55. The highest BCUT2D eigenvalue weighted by Gasteiger charge is 2.18. The molecule has 0 aliphatic heterocycles. The second-order valence-electron chi connectivity index (χ2n) is 4.24. The molecule has 1 aromatic heterocycles. The fraction of sp³-hybridized carbons (Fsp3) is 0.364. The summed E-state index contributed by atoms with van der Waals surface area (Å²) < 4.78 is 40.7. The lowest BCUT2D eigenvalue weighted by Crippen LogP contribution is -2.24. The van der Waals surface area contributed by atoms with Crippen LogP contribution in [0.4, 0.5) is 13.2 Å². The van der Waals surface area contributed by atoms with Crippen molar-refractivity contribution in [3.8, 4) is 5.69 Å². The number of aromatic nitrogens is 4. The van der Waals surface area contributed by atoms with E-state index in [-0.39, 0.29) is 18.3 Å². The molecule has 0 spiro atoms. The van der Waals surface area contributed by atoms with E-state index in [0.29, 0.717) is 5.82 Å².